The van der Waals surface area contributed by atoms with Crippen molar-refractivity contribution < 1.29 is 14.7 Å². The minimum absolute atomic E-state index is 0.0684. The van der Waals surface area contributed by atoms with Crippen molar-refractivity contribution in [2.24, 2.45) is 0 Å². The molecular formula is C10H15BrO3. The number of carboxylic acids is 1. The van der Waals surface area contributed by atoms with Crippen molar-refractivity contribution in [3.05, 3.63) is 11.6 Å². The van der Waals surface area contributed by atoms with Gasteiger partial charge in [0.25, 0.3) is 0 Å². The number of carbonyl (C=O) groups excluding carboxylic acids is 1. The third kappa shape index (κ3) is 5.17. The van der Waals surface area contributed by atoms with E-state index in [-0.39, 0.29) is 16.7 Å². The van der Waals surface area contributed by atoms with Crippen LogP contribution in [0.25, 0.3) is 0 Å². The van der Waals surface area contributed by atoms with Crippen LogP contribution in [0, 0.1) is 0 Å². The van der Waals surface area contributed by atoms with Gasteiger partial charge in [0.1, 0.15) is 0 Å². The zero-order chi connectivity index (χ0) is 11.0. The van der Waals surface area contributed by atoms with Gasteiger partial charge in [-0.3, -0.25) is 4.79 Å². The molecule has 0 unspecified atom stereocenters. The summed E-state index contributed by atoms with van der Waals surface area (Å²) in [5.41, 5.74) is -0.0991. The molecule has 0 saturated heterocycles. The number of rotatable bonds is 7. The molecule has 80 valence electrons. The zero-order valence-corrected chi connectivity index (χ0v) is 9.84. The molecular weight excluding hydrogens is 248 g/mol. The number of carbonyl (C=O) groups is 2. The molecule has 0 aromatic heterocycles. The Morgan fingerprint density at radius 3 is 2.43 bits per heavy atom. The Labute approximate surface area is 92.3 Å². The summed E-state index contributed by atoms with van der Waals surface area (Å²) >= 11 is 2.95. The lowest BCUT2D eigenvalue weighted by atomic mass is 10.1. The lowest BCUT2D eigenvalue weighted by Gasteiger charge is -1.98. The van der Waals surface area contributed by atoms with Crippen LogP contribution in [-0.4, -0.2) is 22.2 Å². The number of aliphatic carboxylic acids is 1. The third-order valence-electron chi connectivity index (χ3n) is 1.81. The summed E-state index contributed by atoms with van der Waals surface area (Å²) in [5.74, 6) is -1.50. The maximum atomic E-state index is 11.1. The molecule has 0 radical (unpaired) electrons. The highest BCUT2D eigenvalue weighted by atomic mass is 79.9. The first-order valence-electron chi connectivity index (χ1n) is 4.66. The minimum atomic E-state index is -1.13. The number of carboxylic acid groups (broad SMARTS) is 1. The second kappa shape index (κ2) is 7.74. The lowest BCUT2D eigenvalue weighted by Crippen LogP contribution is -2.13. The van der Waals surface area contributed by atoms with Gasteiger partial charge in [0.2, 0.25) is 0 Å². The minimum Gasteiger partial charge on any atom is -0.478 e. The number of ketones is 1. The zero-order valence-electron chi connectivity index (χ0n) is 8.25. The highest BCUT2D eigenvalue weighted by Crippen LogP contribution is 2.06. The molecule has 4 heteroatoms. The van der Waals surface area contributed by atoms with Crippen molar-refractivity contribution in [2.75, 3.05) is 5.33 Å². The molecule has 0 rings (SSSR count). The van der Waals surface area contributed by atoms with Crippen LogP contribution in [0.5, 0.6) is 0 Å². The molecule has 1 N–H and O–H groups in total. The van der Waals surface area contributed by atoms with Crippen molar-refractivity contribution >= 4 is 27.7 Å². The Hall–Kier alpha value is -0.640. The van der Waals surface area contributed by atoms with Crippen LogP contribution in [0.3, 0.4) is 0 Å². The molecule has 0 fully saturated rings. The van der Waals surface area contributed by atoms with Crippen LogP contribution in [0.4, 0.5) is 0 Å². The summed E-state index contributed by atoms with van der Waals surface area (Å²) in [6.07, 6.45) is 5.26. The second-order valence-corrected chi connectivity index (χ2v) is 3.54. The average molecular weight is 263 g/mol. The predicted molar refractivity (Wildman–Crippen MR) is 58.7 cm³/mol. The fourth-order valence-corrected chi connectivity index (χ4v) is 1.34. The van der Waals surface area contributed by atoms with Gasteiger partial charge in [-0.15, -0.1) is 0 Å². The summed E-state index contributed by atoms with van der Waals surface area (Å²) in [5, 5.41) is 8.79. The molecule has 0 bridgehead atoms. The quantitative estimate of drug-likeness (QED) is 0.252. The van der Waals surface area contributed by atoms with Crippen LogP contribution < -0.4 is 0 Å². The van der Waals surface area contributed by atoms with E-state index in [1.165, 1.54) is 6.08 Å². The van der Waals surface area contributed by atoms with Gasteiger partial charge in [-0.2, -0.15) is 0 Å². The number of halogens is 1. The highest BCUT2D eigenvalue weighted by Gasteiger charge is 2.14. The van der Waals surface area contributed by atoms with Gasteiger partial charge >= 0.3 is 5.97 Å². The van der Waals surface area contributed by atoms with E-state index in [9.17, 15) is 9.59 Å². The van der Waals surface area contributed by atoms with E-state index in [4.69, 9.17) is 5.11 Å². The van der Waals surface area contributed by atoms with Gasteiger partial charge in [-0.25, -0.2) is 4.79 Å². The maximum absolute atomic E-state index is 11.1. The van der Waals surface area contributed by atoms with Crippen LogP contribution in [0.2, 0.25) is 0 Å². The van der Waals surface area contributed by atoms with E-state index < -0.39 is 5.97 Å². The Balaban J connectivity index is 4.20. The molecule has 0 aliphatic heterocycles. The monoisotopic (exact) mass is 262 g/mol. The maximum Gasteiger partial charge on any atom is 0.339 e. The van der Waals surface area contributed by atoms with E-state index in [0.29, 0.717) is 6.42 Å². The normalized spacial score (nSPS) is 11.4. The Morgan fingerprint density at radius 1 is 1.36 bits per heavy atom. The summed E-state index contributed by atoms with van der Waals surface area (Å²) in [6, 6.07) is 0. The fraction of sp³-hybridized carbons (Fsp3) is 0.600. The topological polar surface area (TPSA) is 54.4 Å². The summed E-state index contributed by atoms with van der Waals surface area (Å²) in [6.45, 7) is 2.07. The molecule has 3 nitrogen and oxygen atoms in total. The molecule has 0 aromatic rings. The van der Waals surface area contributed by atoms with Gasteiger partial charge in [0.15, 0.2) is 5.78 Å². The van der Waals surface area contributed by atoms with E-state index in [1.54, 1.807) is 0 Å². The van der Waals surface area contributed by atoms with Crippen molar-refractivity contribution in [3.63, 3.8) is 0 Å². The van der Waals surface area contributed by atoms with Crippen molar-refractivity contribution in [3.8, 4) is 0 Å². The van der Waals surface area contributed by atoms with Crippen LogP contribution in [0.15, 0.2) is 11.6 Å². The number of hydrogen-bond donors (Lipinski definition) is 1. The molecule has 0 spiro atoms. The van der Waals surface area contributed by atoms with Crippen LogP contribution in [-0.2, 0) is 9.59 Å². The van der Waals surface area contributed by atoms with Crippen molar-refractivity contribution in [2.45, 2.75) is 32.6 Å². The number of unbranched alkanes of at least 4 members (excludes halogenated alkanes) is 3. The van der Waals surface area contributed by atoms with E-state index >= 15 is 0 Å². The number of allylic oxidation sites excluding steroid dienone is 1. The first-order chi connectivity index (χ1) is 6.63. The van der Waals surface area contributed by atoms with Gasteiger partial charge in [0.05, 0.1) is 10.9 Å². The molecule has 0 heterocycles. The van der Waals surface area contributed by atoms with Gasteiger partial charge < -0.3 is 5.11 Å². The summed E-state index contributed by atoms with van der Waals surface area (Å²) in [4.78, 5) is 21.8. The van der Waals surface area contributed by atoms with Crippen molar-refractivity contribution in [1.82, 2.24) is 0 Å². The molecule has 0 amide bonds. The lowest BCUT2D eigenvalue weighted by molar-refractivity contribution is -0.134. The molecule has 0 aromatic carbocycles. The first-order valence-corrected chi connectivity index (χ1v) is 5.78. The van der Waals surface area contributed by atoms with E-state index in [0.717, 1.165) is 19.3 Å². The van der Waals surface area contributed by atoms with Gasteiger partial charge in [0, 0.05) is 0 Å². The SMILES string of the molecule is CCCCC/C=C(/C(=O)O)C(=O)CBr. The fourth-order valence-electron chi connectivity index (χ4n) is 1.03. The number of Topliss-reactive ketones (excluding diaryl/α,β-unsaturated/α-hetero) is 1. The largest absolute Gasteiger partial charge is 0.478 e. The summed E-state index contributed by atoms with van der Waals surface area (Å²) < 4.78 is 0. The molecule has 0 aliphatic carbocycles. The van der Waals surface area contributed by atoms with Gasteiger partial charge in [-0.1, -0.05) is 41.8 Å². The Bertz CT molecular complexity index is 234. The average Bonchev–Trinajstić information content (AvgIpc) is 2.16. The second-order valence-electron chi connectivity index (χ2n) is 2.98. The van der Waals surface area contributed by atoms with E-state index in [1.807, 2.05) is 0 Å². The smallest absolute Gasteiger partial charge is 0.339 e. The Morgan fingerprint density at radius 2 is 2.00 bits per heavy atom. The van der Waals surface area contributed by atoms with Gasteiger partial charge in [-0.05, 0) is 12.8 Å². The number of hydrogen-bond acceptors (Lipinski definition) is 2. The standard InChI is InChI=1S/C10H15BrO3/c1-2-3-4-5-6-8(10(13)14)9(12)7-11/h6H,2-5,7H2,1H3,(H,13,14)/b8-6+. The first kappa shape index (κ1) is 13.4. The third-order valence-corrected chi connectivity index (χ3v) is 2.32. The molecule has 0 atom stereocenters. The molecule has 0 saturated carbocycles. The van der Waals surface area contributed by atoms with Crippen LogP contribution >= 0.6 is 15.9 Å². The van der Waals surface area contributed by atoms with E-state index in [2.05, 4.69) is 22.9 Å². The number of alkyl halides is 1. The summed E-state index contributed by atoms with van der Waals surface area (Å²) in [7, 11) is 0. The molecule has 0 aliphatic rings. The van der Waals surface area contributed by atoms with Crippen LogP contribution in [0.1, 0.15) is 32.6 Å². The highest BCUT2D eigenvalue weighted by molar-refractivity contribution is 9.09. The molecule has 14 heavy (non-hydrogen) atoms. The predicted octanol–water partition coefficient (Wildman–Crippen LogP) is 2.54. The van der Waals surface area contributed by atoms with Crippen molar-refractivity contribution in [1.29, 1.82) is 0 Å². The Kier molecular flexibility index (Phi) is 7.38.